The summed E-state index contributed by atoms with van der Waals surface area (Å²) in [5, 5.41) is 2.92. The zero-order valence-corrected chi connectivity index (χ0v) is 15.1. The number of hydrogen-bond donors (Lipinski definition) is 1. The van der Waals surface area contributed by atoms with Gasteiger partial charge in [-0.2, -0.15) is 0 Å². The number of hydrogen-bond acceptors (Lipinski definition) is 5. The van der Waals surface area contributed by atoms with Crippen molar-refractivity contribution in [3.05, 3.63) is 48.5 Å². The van der Waals surface area contributed by atoms with E-state index in [1.165, 1.54) is 0 Å². The lowest BCUT2D eigenvalue weighted by Crippen LogP contribution is -2.41. The number of nitrogens with zero attached hydrogens (tertiary/aromatic N) is 1. The third-order valence-electron chi connectivity index (χ3n) is 4.31. The normalized spacial score (nSPS) is 14.0. The zero-order valence-electron chi connectivity index (χ0n) is 15.1. The van der Waals surface area contributed by atoms with Crippen LogP contribution in [0.5, 0.6) is 17.2 Å². The second kappa shape index (κ2) is 8.58. The number of nitrogens with one attached hydrogen (secondary N) is 1. The van der Waals surface area contributed by atoms with Crippen LogP contribution in [0.4, 0.5) is 5.69 Å². The SMILES string of the molecule is C[C@H](C(=O)Nc1ccc2c(c1)OCCO2)N(C)CCOc1ccccc1. The van der Waals surface area contributed by atoms with Crippen molar-refractivity contribution in [3.63, 3.8) is 0 Å². The van der Waals surface area contributed by atoms with Crippen molar-refractivity contribution in [2.45, 2.75) is 13.0 Å². The van der Waals surface area contributed by atoms with E-state index in [0.717, 1.165) is 5.75 Å². The highest BCUT2D eigenvalue weighted by Crippen LogP contribution is 2.32. The molecule has 0 saturated carbocycles. The summed E-state index contributed by atoms with van der Waals surface area (Å²) in [4.78, 5) is 14.4. The highest BCUT2D eigenvalue weighted by atomic mass is 16.6. The van der Waals surface area contributed by atoms with Crippen LogP contribution in [-0.2, 0) is 4.79 Å². The Balaban J connectivity index is 1.49. The quantitative estimate of drug-likeness (QED) is 0.827. The molecule has 1 heterocycles. The van der Waals surface area contributed by atoms with Crippen LogP contribution < -0.4 is 19.5 Å². The summed E-state index contributed by atoms with van der Waals surface area (Å²) < 4.78 is 16.7. The maximum atomic E-state index is 12.5. The smallest absolute Gasteiger partial charge is 0.241 e. The molecular weight excluding hydrogens is 332 g/mol. The summed E-state index contributed by atoms with van der Waals surface area (Å²) in [6.45, 7) is 4.10. The van der Waals surface area contributed by atoms with Gasteiger partial charge in [-0.25, -0.2) is 0 Å². The highest BCUT2D eigenvalue weighted by molar-refractivity contribution is 5.94. The van der Waals surface area contributed by atoms with Crippen LogP contribution in [0.3, 0.4) is 0 Å². The molecule has 0 radical (unpaired) electrons. The third-order valence-corrected chi connectivity index (χ3v) is 4.31. The van der Waals surface area contributed by atoms with Crippen LogP contribution in [0.1, 0.15) is 6.92 Å². The molecule has 1 aliphatic heterocycles. The van der Waals surface area contributed by atoms with Gasteiger partial charge < -0.3 is 19.5 Å². The first-order chi connectivity index (χ1) is 12.6. The van der Waals surface area contributed by atoms with Gasteiger partial charge in [0.2, 0.25) is 5.91 Å². The molecule has 1 aliphatic rings. The molecule has 0 fully saturated rings. The highest BCUT2D eigenvalue weighted by Gasteiger charge is 2.19. The summed E-state index contributed by atoms with van der Waals surface area (Å²) in [5.41, 5.74) is 0.694. The minimum absolute atomic E-state index is 0.0797. The number of rotatable bonds is 7. The average molecular weight is 356 g/mol. The van der Waals surface area contributed by atoms with E-state index in [1.54, 1.807) is 6.07 Å². The second-order valence-electron chi connectivity index (χ2n) is 6.17. The average Bonchev–Trinajstić information content (AvgIpc) is 2.68. The van der Waals surface area contributed by atoms with E-state index in [4.69, 9.17) is 14.2 Å². The first-order valence-corrected chi connectivity index (χ1v) is 8.72. The minimum atomic E-state index is -0.289. The standard InChI is InChI=1S/C20H24N2O4/c1-15(22(2)10-11-24-17-6-4-3-5-7-17)20(23)21-16-8-9-18-19(14-16)26-13-12-25-18/h3-9,14-15H,10-13H2,1-2H3,(H,21,23)/t15-/m1/s1. The first kappa shape index (κ1) is 18.1. The summed E-state index contributed by atoms with van der Waals surface area (Å²) in [6.07, 6.45) is 0. The van der Waals surface area contributed by atoms with E-state index in [0.29, 0.717) is 43.6 Å². The molecule has 2 aromatic carbocycles. The maximum absolute atomic E-state index is 12.5. The lowest BCUT2D eigenvalue weighted by molar-refractivity contribution is -0.120. The van der Waals surface area contributed by atoms with E-state index in [9.17, 15) is 4.79 Å². The predicted molar refractivity (Wildman–Crippen MR) is 100 cm³/mol. The number of amides is 1. The van der Waals surface area contributed by atoms with Gasteiger partial charge in [-0.1, -0.05) is 18.2 Å². The van der Waals surface area contributed by atoms with Crippen molar-refractivity contribution in [2.75, 3.05) is 38.7 Å². The van der Waals surface area contributed by atoms with Crippen molar-refractivity contribution in [1.82, 2.24) is 4.90 Å². The Kier molecular flexibility index (Phi) is 5.96. The number of para-hydroxylation sites is 1. The molecule has 6 heteroatoms. The monoisotopic (exact) mass is 356 g/mol. The van der Waals surface area contributed by atoms with Gasteiger partial charge in [-0.15, -0.1) is 0 Å². The van der Waals surface area contributed by atoms with Crippen LogP contribution in [0, 0.1) is 0 Å². The van der Waals surface area contributed by atoms with E-state index in [-0.39, 0.29) is 11.9 Å². The molecule has 0 spiro atoms. The Morgan fingerprint density at radius 3 is 2.65 bits per heavy atom. The van der Waals surface area contributed by atoms with Gasteiger partial charge in [0.05, 0.1) is 6.04 Å². The minimum Gasteiger partial charge on any atom is -0.492 e. The van der Waals surface area contributed by atoms with Crippen molar-refractivity contribution in [1.29, 1.82) is 0 Å². The van der Waals surface area contributed by atoms with Gasteiger partial charge in [0.15, 0.2) is 11.5 Å². The Bertz CT molecular complexity index is 736. The van der Waals surface area contributed by atoms with Crippen LogP contribution in [-0.4, -0.2) is 50.3 Å². The fourth-order valence-electron chi connectivity index (χ4n) is 2.59. The predicted octanol–water partition coefficient (Wildman–Crippen LogP) is 2.80. The molecule has 1 atom stereocenters. The summed E-state index contributed by atoms with van der Waals surface area (Å²) in [5.74, 6) is 2.11. The number of carbonyl (C=O) groups excluding carboxylic acids is 1. The van der Waals surface area contributed by atoms with Gasteiger partial charge in [0, 0.05) is 18.3 Å². The van der Waals surface area contributed by atoms with E-state index < -0.39 is 0 Å². The first-order valence-electron chi connectivity index (χ1n) is 8.72. The third kappa shape index (κ3) is 4.67. The maximum Gasteiger partial charge on any atom is 0.241 e. The van der Waals surface area contributed by atoms with Crippen molar-refractivity contribution in [2.24, 2.45) is 0 Å². The van der Waals surface area contributed by atoms with E-state index >= 15 is 0 Å². The largest absolute Gasteiger partial charge is 0.492 e. The zero-order chi connectivity index (χ0) is 18.4. The molecule has 0 aliphatic carbocycles. The van der Waals surface area contributed by atoms with Crippen molar-refractivity contribution in [3.8, 4) is 17.2 Å². The Hall–Kier alpha value is -2.73. The fraction of sp³-hybridized carbons (Fsp3) is 0.350. The molecule has 0 aromatic heterocycles. The molecule has 138 valence electrons. The molecule has 0 unspecified atom stereocenters. The fourth-order valence-corrected chi connectivity index (χ4v) is 2.59. The number of carbonyl (C=O) groups is 1. The van der Waals surface area contributed by atoms with Gasteiger partial charge in [-0.3, -0.25) is 9.69 Å². The number of fused-ring (bicyclic) bond motifs is 1. The van der Waals surface area contributed by atoms with Gasteiger partial charge in [0.25, 0.3) is 0 Å². The molecule has 3 rings (SSSR count). The number of anilines is 1. The molecule has 0 saturated heterocycles. The topological polar surface area (TPSA) is 60.0 Å². The van der Waals surface area contributed by atoms with E-state index in [1.807, 2.05) is 61.3 Å². The van der Waals surface area contributed by atoms with E-state index in [2.05, 4.69) is 5.32 Å². The molecule has 6 nitrogen and oxygen atoms in total. The second-order valence-corrected chi connectivity index (χ2v) is 6.17. The van der Waals surface area contributed by atoms with Crippen LogP contribution >= 0.6 is 0 Å². The molecular formula is C20H24N2O4. The van der Waals surface area contributed by atoms with Gasteiger partial charge in [-0.05, 0) is 38.2 Å². The lowest BCUT2D eigenvalue weighted by atomic mass is 10.2. The van der Waals surface area contributed by atoms with Crippen molar-refractivity contribution >= 4 is 11.6 Å². The van der Waals surface area contributed by atoms with Crippen molar-refractivity contribution < 1.29 is 19.0 Å². The summed E-state index contributed by atoms with van der Waals surface area (Å²) in [7, 11) is 1.91. The molecule has 1 amide bonds. The molecule has 26 heavy (non-hydrogen) atoms. The van der Waals surface area contributed by atoms with Gasteiger partial charge >= 0.3 is 0 Å². The van der Waals surface area contributed by atoms with Crippen LogP contribution in [0.15, 0.2) is 48.5 Å². The molecule has 1 N–H and O–H groups in total. The van der Waals surface area contributed by atoms with Gasteiger partial charge in [0.1, 0.15) is 25.6 Å². The Morgan fingerprint density at radius 1 is 1.15 bits per heavy atom. The number of benzene rings is 2. The lowest BCUT2D eigenvalue weighted by Gasteiger charge is -2.24. The molecule has 0 bridgehead atoms. The molecule has 2 aromatic rings. The van der Waals surface area contributed by atoms with Crippen LogP contribution in [0.25, 0.3) is 0 Å². The Labute approximate surface area is 153 Å². The Morgan fingerprint density at radius 2 is 1.88 bits per heavy atom. The summed E-state index contributed by atoms with van der Waals surface area (Å²) >= 11 is 0. The number of likely N-dealkylation sites (N-methyl/N-ethyl adjacent to an activating group) is 1. The summed E-state index contributed by atoms with van der Waals surface area (Å²) in [6, 6.07) is 14.8. The van der Waals surface area contributed by atoms with Crippen LogP contribution in [0.2, 0.25) is 0 Å². The number of ether oxygens (including phenoxy) is 3.